The lowest BCUT2D eigenvalue weighted by Crippen LogP contribution is -2.38. The number of thiazole rings is 1. The highest BCUT2D eigenvalue weighted by Gasteiger charge is 2.28. The number of piperidine rings is 1. The van der Waals surface area contributed by atoms with E-state index in [0.717, 1.165) is 29.4 Å². The number of carbonyl (C=O) groups excluding carboxylic acids is 3. The standard InChI is InChI=1S/C19H21N5O4S2/c1-4-9-28-19(27)24-7-5-13(6-8-24)16-20-14(11-29-16)17(26)23(3)18-21-15(22-30-18)10-12(2)25/h1,11,13H,5-10H2,2-3H3. The second-order valence-corrected chi connectivity index (χ2v) is 8.45. The molecule has 1 saturated heterocycles. The van der Waals surface area contributed by atoms with Gasteiger partial charge in [-0.2, -0.15) is 4.37 Å². The third-order valence-corrected chi connectivity index (χ3v) is 6.42. The maximum Gasteiger partial charge on any atom is 0.410 e. The topological polar surface area (TPSA) is 106 Å². The summed E-state index contributed by atoms with van der Waals surface area (Å²) in [4.78, 5) is 47.7. The minimum absolute atomic E-state index is 0.0326. The Morgan fingerprint density at radius 3 is 2.73 bits per heavy atom. The van der Waals surface area contributed by atoms with Crippen LogP contribution in [0.3, 0.4) is 0 Å². The summed E-state index contributed by atoms with van der Waals surface area (Å²) in [6, 6.07) is 0. The van der Waals surface area contributed by atoms with E-state index in [1.54, 1.807) is 17.3 Å². The van der Waals surface area contributed by atoms with Crippen LogP contribution in [0.4, 0.5) is 9.93 Å². The van der Waals surface area contributed by atoms with Crippen molar-refractivity contribution in [3.63, 3.8) is 0 Å². The third-order valence-electron chi connectivity index (χ3n) is 4.58. The molecule has 0 N–H and O–H groups in total. The van der Waals surface area contributed by atoms with Crippen molar-refractivity contribution >= 4 is 45.8 Å². The zero-order valence-corrected chi connectivity index (χ0v) is 18.3. The van der Waals surface area contributed by atoms with Crippen molar-refractivity contribution in [2.24, 2.45) is 0 Å². The highest BCUT2D eigenvalue weighted by Crippen LogP contribution is 2.31. The lowest BCUT2D eigenvalue weighted by atomic mass is 9.98. The summed E-state index contributed by atoms with van der Waals surface area (Å²) in [5.74, 6) is 2.56. The molecule has 2 aromatic heterocycles. The van der Waals surface area contributed by atoms with Gasteiger partial charge >= 0.3 is 6.09 Å². The number of likely N-dealkylation sites (tertiary alicyclic amines) is 1. The Bertz CT molecular complexity index is 972. The molecular formula is C19H21N5O4S2. The average Bonchev–Trinajstić information content (AvgIpc) is 3.40. The van der Waals surface area contributed by atoms with E-state index in [4.69, 9.17) is 11.2 Å². The van der Waals surface area contributed by atoms with E-state index in [9.17, 15) is 14.4 Å². The monoisotopic (exact) mass is 447 g/mol. The molecule has 2 amide bonds. The molecule has 1 aliphatic rings. The predicted octanol–water partition coefficient (Wildman–Crippen LogP) is 2.35. The Morgan fingerprint density at radius 2 is 2.07 bits per heavy atom. The molecule has 30 heavy (non-hydrogen) atoms. The fourth-order valence-corrected chi connectivity index (χ4v) is 4.62. The fraction of sp³-hybridized carbons (Fsp3) is 0.474. The molecular weight excluding hydrogens is 426 g/mol. The van der Waals surface area contributed by atoms with Crippen molar-refractivity contribution in [1.29, 1.82) is 0 Å². The molecule has 3 rings (SSSR count). The number of anilines is 1. The predicted molar refractivity (Wildman–Crippen MR) is 113 cm³/mol. The third kappa shape index (κ3) is 5.20. The van der Waals surface area contributed by atoms with Gasteiger partial charge in [0.2, 0.25) is 5.13 Å². The summed E-state index contributed by atoms with van der Waals surface area (Å²) in [5.41, 5.74) is 0.344. The molecule has 2 aromatic rings. The zero-order chi connectivity index (χ0) is 21.7. The molecule has 0 aromatic carbocycles. The Labute approximate surface area is 182 Å². The fourth-order valence-electron chi connectivity index (χ4n) is 3.01. The first-order valence-electron chi connectivity index (χ1n) is 9.29. The molecule has 1 fully saturated rings. The van der Waals surface area contributed by atoms with E-state index in [1.807, 2.05) is 0 Å². The van der Waals surface area contributed by atoms with Gasteiger partial charge in [-0.1, -0.05) is 5.92 Å². The molecule has 0 saturated carbocycles. The largest absolute Gasteiger partial charge is 0.436 e. The number of terminal acetylenes is 1. The summed E-state index contributed by atoms with van der Waals surface area (Å²) >= 11 is 2.51. The van der Waals surface area contributed by atoms with E-state index in [-0.39, 0.29) is 30.6 Å². The van der Waals surface area contributed by atoms with Crippen LogP contribution in [0.1, 0.15) is 47.0 Å². The van der Waals surface area contributed by atoms with E-state index < -0.39 is 6.09 Å². The van der Waals surface area contributed by atoms with Gasteiger partial charge in [-0.25, -0.2) is 14.8 Å². The number of rotatable bonds is 6. The second-order valence-electron chi connectivity index (χ2n) is 6.83. The van der Waals surface area contributed by atoms with Crippen LogP contribution in [-0.4, -0.2) is 63.8 Å². The van der Waals surface area contributed by atoms with E-state index in [0.29, 0.717) is 29.7 Å². The van der Waals surface area contributed by atoms with Crippen LogP contribution in [0.2, 0.25) is 0 Å². The first-order chi connectivity index (χ1) is 14.4. The Balaban J connectivity index is 1.59. The minimum Gasteiger partial charge on any atom is -0.436 e. The zero-order valence-electron chi connectivity index (χ0n) is 16.7. The summed E-state index contributed by atoms with van der Waals surface area (Å²) in [5, 5.41) is 3.03. The SMILES string of the molecule is C#CCOC(=O)N1CCC(c2nc(C(=O)N(C)c3nc(CC(C)=O)ns3)cs2)CC1. The highest BCUT2D eigenvalue weighted by atomic mass is 32.1. The summed E-state index contributed by atoms with van der Waals surface area (Å²) in [7, 11) is 1.61. The summed E-state index contributed by atoms with van der Waals surface area (Å²) in [6.07, 6.45) is 6.34. The molecule has 1 aliphatic heterocycles. The van der Waals surface area contributed by atoms with E-state index >= 15 is 0 Å². The smallest absolute Gasteiger partial charge is 0.410 e. The maximum absolute atomic E-state index is 12.8. The number of hydrogen-bond donors (Lipinski definition) is 0. The molecule has 3 heterocycles. The van der Waals surface area contributed by atoms with Gasteiger partial charge in [-0.05, 0) is 19.8 Å². The molecule has 0 bridgehead atoms. The van der Waals surface area contributed by atoms with E-state index in [2.05, 4.69) is 20.3 Å². The van der Waals surface area contributed by atoms with Crippen LogP contribution in [0.25, 0.3) is 0 Å². The molecule has 0 aliphatic carbocycles. The number of hydrogen-bond acceptors (Lipinski definition) is 9. The van der Waals surface area contributed by atoms with Gasteiger partial charge in [0.25, 0.3) is 5.91 Å². The maximum atomic E-state index is 12.8. The van der Waals surface area contributed by atoms with Gasteiger partial charge in [0.15, 0.2) is 12.4 Å². The molecule has 0 spiro atoms. The number of aromatic nitrogens is 3. The van der Waals surface area contributed by atoms with Gasteiger partial charge in [-0.3, -0.25) is 14.5 Å². The Hall–Kier alpha value is -2.84. The van der Waals surface area contributed by atoms with Crippen LogP contribution < -0.4 is 4.90 Å². The summed E-state index contributed by atoms with van der Waals surface area (Å²) < 4.78 is 9.07. The number of nitrogens with zero attached hydrogens (tertiary/aromatic N) is 5. The lowest BCUT2D eigenvalue weighted by molar-refractivity contribution is -0.116. The Kier molecular flexibility index (Phi) is 7.12. The highest BCUT2D eigenvalue weighted by molar-refractivity contribution is 7.10. The number of ketones is 1. The molecule has 0 unspecified atom stereocenters. The van der Waals surface area contributed by atoms with Crippen molar-refractivity contribution in [2.75, 3.05) is 31.6 Å². The van der Waals surface area contributed by atoms with Crippen molar-refractivity contribution in [3.8, 4) is 12.3 Å². The van der Waals surface area contributed by atoms with Crippen LogP contribution in [0, 0.1) is 12.3 Å². The first-order valence-corrected chi connectivity index (χ1v) is 10.9. The summed E-state index contributed by atoms with van der Waals surface area (Å²) in [6.45, 7) is 2.55. The quantitative estimate of drug-likeness (QED) is 0.626. The van der Waals surface area contributed by atoms with Gasteiger partial charge in [0, 0.05) is 43.0 Å². The molecule has 0 atom stereocenters. The van der Waals surface area contributed by atoms with Crippen LogP contribution in [0.15, 0.2) is 5.38 Å². The van der Waals surface area contributed by atoms with Gasteiger partial charge in [0.1, 0.15) is 11.5 Å². The molecule has 0 radical (unpaired) electrons. The average molecular weight is 448 g/mol. The van der Waals surface area contributed by atoms with E-state index in [1.165, 1.54) is 23.2 Å². The normalized spacial score (nSPS) is 14.2. The van der Waals surface area contributed by atoms with Crippen molar-refractivity contribution < 1.29 is 19.1 Å². The van der Waals surface area contributed by atoms with Crippen molar-refractivity contribution in [1.82, 2.24) is 19.2 Å². The minimum atomic E-state index is -0.399. The van der Waals surface area contributed by atoms with Crippen molar-refractivity contribution in [3.05, 3.63) is 21.9 Å². The van der Waals surface area contributed by atoms with Crippen LogP contribution >= 0.6 is 22.9 Å². The number of carbonyl (C=O) groups is 3. The van der Waals surface area contributed by atoms with Gasteiger partial charge < -0.3 is 9.64 Å². The first kappa shape index (κ1) is 21.9. The molecule has 11 heteroatoms. The number of amides is 2. The van der Waals surface area contributed by atoms with Gasteiger partial charge in [-0.15, -0.1) is 17.8 Å². The molecule has 158 valence electrons. The van der Waals surface area contributed by atoms with Crippen molar-refractivity contribution in [2.45, 2.75) is 32.1 Å². The van der Waals surface area contributed by atoms with Crippen LogP contribution in [-0.2, 0) is 16.0 Å². The second kappa shape index (κ2) is 9.77. The number of ether oxygens (including phenoxy) is 1. The lowest BCUT2D eigenvalue weighted by Gasteiger charge is -2.30. The van der Waals surface area contributed by atoms with Crippen LogP contribution in [0.5, 0.6) is 0 Å². The molecule has 9 nitrogen and oxygen atoms in total. The Morgan fingerprint density at radius 1 is 1.33 bits per heavy atom. The van der Waals surface area contributed by atoms with Gasteiger partial charge in [0.05, 0.1) is 11.4 Å². The number of Topliss-reactive ketones (excluding diaryl/α,β-unsaturated/α-hetero) is 1.